The molecule has 5 nitrogen and oxygen atoms in total. The van der Waals surface area contributed by atoms with Crippen LogP contribution < -0.4 is 10.6 Å². The normalized spacial score (nSPS) is 16.7. The fourth-order valence-corrected chi connectivity index (χ4v) is 2.36. The van der Waals surface area contributed by atoms with Crippen molar-refractivity contribution in [1.29, 1.82) is 0 Å². The van der Waals surface area contributed by atoms with Crippen molar-refractivity contribution < 1.29 is 9.53 Å². The zero-order valence-electron chi connectivity index (χ0n) is 9.65. The van der Waals surface area contributed by atoms with Crippen LogP contribution in [0.25, 0.3) is 0 Å². The largest absolute Gasteiger partial charge is 0.381 e. The molecule has 2 heterocycles. The molecule has 0 saturated carbocycles. The van der Waals surface area contributed by atoms with Crippen molar-refractivity contribution in [3.05, 3.63) is 16.6 Å². The van der Waals surface area contributed by atoms with Gasteiger partial charge in [-0.25, -0.2) is 9.78 Å². The lowest BCUT2D eigenvalue weighted by molar-refractivity contribution is 0.0801. The molecule has 1 aliphatic heterocycles. The highest BCUT2D eigenvalue weighted by Crippen LogP contribution is 2.06. The van der Waals surface area contributed by atoms with Gasteiger partial charge in [0.25, 0.3) is 0 Å². The van der Waals surface area contributed by atoms with Gasteiger partial charge >= 0.3 is 6.03 Å². The lowest BCUT2D eigenvalue weighted by Gasteiger charge is -2.23. The van der Waals surface area contributed by atoms with E-state index in [9.17, 15) is 4.79 Å². The molecule has 1 aromatic rings. The minimum Gasteiger partial charge on any atom is -0.381 e. The molecule has 0 unspecified atom stereocenters. The molecule has 94 valence electrons. The number of ether oxygens (including phenoxy) is 1. The van der Waals surface area contributed by atoms with Crippen molar-refractivity contribution in [2.45, 2.75) is 25.3 Å². The van der Waals surface area contributed by atoms with Crippen LogP contribution in [0.2, 0.25) is 0 Å². The van der Waals surface area contributed by atoms with Gasteiger partial charge in [-0.3, -0.25) is 0 Å². The molecule has 6 heteroatoms. The van der Waals surface area contributed by atoms with Crippen molar-refractivity contribution in [3.8, 4) is 0 Å². The van der Waals surface area contributed by atoms with E-state index in [1.165, 1.54) is 0 Å². The molecule has 17 heavy (non-hydrogen) atoms. The van der Waals surface area contributed by atoms with Gasteiger partial charge in [0.15, 0.2) is 0 Å². The van der Waals surface area contributed by atoms with E-state index in [0.29, 0.717) is 6.54 Å². The average Bonchev–Trinajstić information content (AvgIpc) is 2.83. The van der Waals surface area contributed by atoms with Gasteiger partial charge < -0.3 is 15.4 Å². The molecule has 0 spiro atoms. The molecule has 1 aromatic heterocycles. The lowest BCUT2D eigenvalue weighted by Crippen LogP contribution is -2.44. The highest BCUT2D eigenvalue weighted by atomic mass is 32.1. The van der Waals surface area contributed by atoms with Gasteiger partial charge in [-0.1, -0.05) is 0 Å². The van der Waals surface area contributed by atoms with Gasteiger partial charge in [0.2, 0.25) is 0 Å². The molecule has 0 aliphatic carbocycles. The SMILES string of the molecule is O=C(NCCc1nccs1)NC1CCOCC1. The molecule has 2 N–H and O–H groups in total. The highest BCUT2D eigenvalue weighted by molar-refractivity contribution is 7.09. The molecule has 0 bridgehead atoms. The van der Waals surface area contributed by atoms with Crippen molar-refractivity contribution in [3.63, 3.8) is 0 Å². The van der Waals surface area contributed by atoms with Gasteiger partial charge in [0.05, 0.1) is 5.01 Å². The number of hydrogen-bond acceptors (Lipinski definition) is 4. The third-order valence-electron chi connectivity index (χ3n) is 2.66. The Morgan fingerprint density at radius 1 is 1.53 bits per heavy atom. The van der Waals surface area contributed by atoms with E-state index in [-0.39, 0.29) is 12.1 Å². The van der Waals surface area contributed by atoms with Crippen LogP contribution in [0.4, 0.5) is 4.79 Å². The Kier molecular flexibility index (Phi) is 4.75. The van der Waals surface area contributed by atoms with Crippen LogP contribution in [0, 0.1) is 0 Å². The Bertz CT molecular complexity index is 336. The molecule has 1 saturated heterocycles. The fourth-order valence-electron chi connectivity index (χ4n) is 1.74. The number of nitrogens with zero attached hydrogens (tertiary/aromatic N) is 1. The summed E-state index contributed by atoms with van der Waals surface area (Å²) in [6, 6.07) is 0.164. The van der Waals surface area contributed by atoms with Crippen LogP contribution in [-0.2, 0) is 11.2 Å². The zero-order valence-corrected chi connectivity index (χ0v) is 10.5. The monoisotopic (exact) mass is 255 g/mol. The summed E-state index contributed by atoms with van der Waals surface area (Å²) in [5.41, 5.74) is 0. The Labute approximate surface area is 105 Å². The van der Waals surface area contributed by atoms with E-state index in [2.05, 4.69) is 15.6 Å². The first-order chi connectivity index (χ1) is 8.34. The standard InChI is InChI=1S/C11H17N3O2S/c15-11(14-9-2-6-16-7-3-9)13-4-1-10-12-5-8-17-10/h5,8-9H,1-4,6-7H2,(H2,13,14,15). The van der Waals surface area contributed by atoms with E-state index >= 15 is 0 Å². The number of amides is 2. The molecule has 1 aliphatic rings. The number of urea groups is 1. The summed E-state index contributed by atoms with van der Waals surface area (Å²) in [5.74, 6) is 0. The number of hydrogen-bond donors (Lipinski definition) is 2. The second-order valence-corrected chi connectivity index (χ2v) is 4.94. The summed E-state index contributed by atoms with van der Waals surface area (Å²) in [4.78, 5) is 15.7. The summed E-state index contributed by atoms with van der Waals surface area (Å²) in [7, 11) is 0. The average molecular weight is 255 g/mol. The quantitative estimate of drug-likeness (QED) is 0.848. The number of aromatic nitrogens is 1. The molecule has 1 fully saturated rings. The number of thiazole rings is 1. The third kappa shape index (κ3) is 4.32. The summed E-state index contributed by atoms with van der Waals surface area (Å²) in [6.45, 7) is 2.11. The van der Waals surface area contributed by atoms with E-state index in [1.807, 2.05) is 5.38 Å². The van der Waals surface area contributed by atoms with Crippen molar-refractivity contribution in [1.82, 2.24) is 15.6 Å². The molecule has 0 atom stereocenters. The Balaban J connectivity index is 1.60. The van der Waals surface area contributed by atoms with E-state index < -0.39 is 0 Å². The second kappa shape index (κ2) is 6.56. The van der Waals surface area contributed by atoms with Gasteiger partial charge in [0, 0.05) is 43.8 Å². The van der Waals surface area contributed by atoms with Crippen LogP contribution in [0.5, 0.6) is 0 Å². The van der Waals surface area contributed by atoms with Crippen LogP contribution in [0.1, 0.15) is 17.8 Å². The van der Waals surface area contributed by atoms with Gasteiger partial charge in [-0.15, -0.1) is 11.3 Å². The summed E-state index contributed by atoms with van der Waals surface area (Å²) in [5, 5.41) is 8.79. The predicted octanol–water partition coefficient (Wildman–Crippen LogP) is 1.16. The lowest BCUT2D eigenvalue weighted by atomic mass is 10.1. The fraction of sp³-hybridized carbons (Fsp3) is 0.636. The summed E-state index contributed by atoms with van der Waals surface area (Å²) >= 11 is 1.61. The maximum Gasteiger partial charge on any atom is 0.315 e. The van der Waals surface area contributed by atoms with Gasteiger partial charge in [-0.2, -0.15) is 0 Å². The summed E-state index contributed by atoms with van der Waals surface area (Å²) in [6.07, 6.45) is 4.38. The topological polar surface area (TPSA) is 63.2 Å². The molecular weight excluding hydrogens is 238 g/mol. The molecule has 0 radical (unpaired) electrons. The number of carbonyl (C=O) groups excluding carboxylic acids is 1. The summed E-state index contributed by atoms with van der Waals surface area (Å²) < 4.78 is 5.23. The molecular formula is C11H17N3O2S. The molecule has 2 amide bonds. The van der Waals surface area contributed by atoms with Crippen molar-refractivity contribution in [2.24, 2.45) is 0 Å². The Hall–Kier alpha value is -1.14. The minimum atomic E-state index is -0.0894. The molecule has 0 aromatic carbocycles. The van der Waals surface area contributed by atoms with Crippen LogP contribution in [-0.4, -0.2) is 36.8 Å². The second-order valence-electron chi connectivity index (χ2n) is 3.96. The van der Waals surface area contributed by atoms with E-state index in [1.54, 1.807) is 17.5 Å². The maximum atomic E-state index is 11.6. The van der Waals surface area contributed by atoms with E-state index in [4.69, 9.17) is 4.74 Å². The Morgan fingerprint density at radius 2 is 2.35 bits per heavy atom. The zero-order chi connectivity index (χ0) is 11.9. The number of carbonyl (C=O) groups is 1. The molecule has 2 rings (SSSR count). The van der Waals surface area contributed by atoms with Crippen molar-refractivity contribution in [2.75, 3.05) is 19.8 Å². The predicted molar refractivity (Wildman–Crippen MR) is 66.2 cm³/mol. The Morgan fingerprint density at radius 3 is 3.06 bits per heavy atom. The van der Waals surface area contributed by atoms with Gasteiger partial charge in [-0.05, 0) is 12.8 Å². The van der Waals surface area contributed by atoms with E-state index in [0.717, 1.165) is 37.5 Å². The van der Waals surface area contributed by atoms with Crippen LogP contribution in [0.15, 0.2) is 11.6 Å². The highest BCUT2D eigenvalue weighted by Gasteiger charge is 2.15. The first-order valence-corrected chi connectivity index (χ1v) is 6.73. The van der Waals surface area contributed by atoms with Crippen LogP contribution in [0.3, 0.4) is 0 Å². The number of nitrogens with one attached hydrogen (secondary N) is 2. The maximum absolute atomic E-state index is 11.6. The first kappa shape index (κ1) is 12.3. The van der Waals surface area contributed by atoms with Crippen LogP contribution >= 0.6 is 11.3 Å². The minimum absolute atomic E-state index is 0.0894. The third-order valence-corrected chi connectivity index (χ3v) is 3.50. The van der Waals surface area contributed by atoms with Crippen molar-refractivity contribution >= 4 is 17.4 Å². The first-order valence-electron chi connectivity index (χ1n) is 5.85. The number of rotatable bonds is 4. The smallest absolute Gasteiger partial charge is 0.315 e. The van der Waals surface area contributed by atoms with Gasteiger partial charge in [0.1, 0.15) is 0 Å².